The highest BCUT2D eigenvalue weighted by molar-refractivity contribution is 6.30. The second-order valence-corrected chi connectivity index (χ2v) is 6.58. The van der Waals surface area contributed by atoms with Crippen molar-refractivity contribution in [2.45, 2.75) is 27.4 Å². The fourth-order valence-corrected chi connectivity index (χ4v) is 2.86. The van der Waals surface area contributed by atoms with Gasteiger partial charge in [0.05, 0.1) is 5.56 Å². The molecule has 0 unspecified atom stereocenters. The minimum absolute atomic E-state index is 0.191. The van der Waals surface area contributed by atoms with Crippen molar-refractivity contribution in [1.82, 2.24) is 5.16 Å². The van der Waals surface area contributed by atoms with Gasteiger partial charge in [0, 0.05) is 10.7 Å². The molecule has 0 aliphatic rings. The molecule has 0 aliphatic carbocycles. The van der Waals surface area contributed by atoms with E-state index in [9.17, 15) is 4.79 Å². The van der Waals surface area contributed by atoms with Crippen LogP contribution in [0.15, 0.2) is 47.0 Å². The summed E-state index contributed by atoms with van der Waals surface area (Å²) in [5.41, 5.74) is 3.63. The lowest BCUT2D eigenvalue weighted by atomic mass is 10.1. The molecule has 0 spiro atoms. The summed E-state index contributed by atoms with van der Waals surface area (Å²) in [7, 11) is 0. The van der Waals surface area contributed by atoms with E-state index in [-0.39, 0.29) is 18.2 Å². The highest BCUT2D eigenvalue weighted by Gasteiger charge is 2.20. The predicted molar refractivity (Wildman–Crippen MR) is 101 cm³/mol. The summed E-state index contributed by atoms with van der Waals surface area (Å²) in [5, 5.41) is 7.19. The van der Waals surface area contributed by atoms with Crippen LogP contribution < -0.4 is 10.1 Å². The molecule has 1 N–H and O–H groups in total. The number of aromatic nitrogens is 1. The van der Waals surface area contributed by atoms with Crippen LogP contribution in [-0.2, 0) is 6.61 Å². The van der Waals surface area contributed by atoms with Crippen molar-refractivity contribution in [1.29, 1.82) is 0 Å². The van der Waals surface area contributed by atoms with Crippen molar-refractivity contribution in [3.63, 3.8) is 0 Å². The van der Waals surface area contributed by atoms with E-state index in [1.54, 1.807) is 31.2 Å². The summed E-state index contributed by atoms with van der Waals surface area (Å²) in [6, 6.07) is 12.9. The molecule has 0 aliphatic heterocycles. The number of ether oxygens (including phenoxy) is 1. The first kappa shape index (κ1) is 18.0. The summed E-state index contributed by atoms with van der Waals surface area (Å²) in [6.45, 7) is 5.96. The van der Waals surface area contributed by atoms with Gasteiger partial charge in [-0.2, -0.15) is 0 Å². The molecule has 0 saturated heterocycles. The van der Waals surface area contributed by atoms with E-state index in [1.807, 2.05) is 26.0 Å². The summed E-state index contributed by atoms with van der Waals surface area (Å²) in [6.07, 6.45) is 0. The number of aryl methyl sites for hydroxylation is 3. The Labute approximate surface area is 156 Å². The van der Waals surface area contributed by atoms with Gasteiger partial charge in [-0.05, 0) is 62.2 Å². The second kappa shape index (κ2) is 7.62. The average Bonchev–Trinajstić information content (AvgIpc) is 2.93. The van der Waals surface area contributed by atoms with Gasteiger partial charge in [0.1, 0.15) is 18.1 Å². The molecular weight excluding hydrogens is 352 g/mol. The molecule has 0 saturated carbocycles. The van der Waals surface area contributed by atoms with Gasteiger partial charge in [0.15, 0.2) is 5.69 Å². The second-order valence-electron chi connectivity index (χ2n) is 6.14. The first-order valence-corrected chi connectivity index (χ1v) is 8.53. The Kier molecular flexibility index (Phi) is 5.28. The Morgan fingerprint density at radius 2 is 1.88 bits per heavy atom. The van der Waals surface area contributed by atoms with Gasteiger partial charge in [-0.1, -0.05) is 28.9 Å². The predicted octanol–water partition coefficient (Wildman–Crippen LogP) is 5.08. The smallest absolute Gasteiger partial charge is 0.278 e. The molecule has 0 radical (unpaired) electrons. The first-order chi connectivity index (χ1) is 12.4. The average molecular weight is 371 g/mol. The largest absolute Gasteiger partial charge is 0.489 e. The molecular formula is C20H19ClN2O3. The number of amides is 1. The quantitative estimate of drug-likeness (QED) is 0.679. The zero-order valence-electron chi connectivity index (χ0n) is 14.8. The van der Waals surface area contributed by atoms with E-state index in [2.05, 4.69) is 16.5 Å². The number of halogens is 1. The van der Waals surface area contributed by atoms with Crippen molar-refractivity contribution < 1.29 is 14.1 Å². The maximum absolute atomic E-state index is 12.5. The Bertz CT molecular complexity index is 930. The molecule has 26 heavy (non-hydrogen) atoms. The molecule has 0 bridgehead atoms. The van der Waals surface area contributed by atoms with Crippen LogP contribution in [-0.4, -0.2) is 11.1 Å². The van der Waals surface area contributed by atoms with E-state index in [0.717, 1.165) is 16.9 Å². The first-order valence-electron chi connectivity index (χ1n) is 8.15. The third-order valence-electron chi connectivity index (χ3n) is 3.86. The molecule has 0 atom stereocenters. The van der Waals surface area contributed by atoms with Crippen LogP contribution in [0.3, 0.4) is 0 Å². The van der Waals surface area contributed by atoms with E-state index in [1.165, 1.54) is 0 Å². The number of benzene rings is 2. The van der Waals surface area contributed by atoms with Gasteiger partial charge >= 0.3 is 0 Å². The van der Waals surface area contributed by atoms with E-state index >= 15 is 0 Å². The van der Waals surface area contributed by atoms with Crippen LogP contribution >= 0.6 is 11.6 Å². The number of nitrogens with one attached hydrogen (secondary N) is 1. The molecule has 1 amide bonds. The van der Waals surface area contributed by atoms with Crippen LogP contribution in [0.4, 0.5) is 5.69 Å². The summed E-state index contributed by atoms with van der Waals surface area (Å²) < 4.78 is 11.0. The monoisotopic (exact) mass is 370 g/mol. The van der Waals surface area contributed by atoms with Gasteiger partial charge in [-0.25, -0.2) is 0 Å². The Morgan fingerprint density at radius 1 is 1.15 bits per heavy atom. The molecule has 2 aromatic carbocycles. The van der Waals surface area contributed by atoms with Gasteiger partial charge in [0.25, 0.3) is 5.91 Å². The van der Waals surface area contributed by atoms with Gasteiger partial charge in [-0.15, -0.1) is 0 Å². The number of rotatable bonds is 5. The standard InChI is InChI=1S/C20H19ClN2O3/c1-12-7-13(2)9-17(8-12)25-11-18-14(3)26-23-19(18)20(24)22-16-6-4-5-15(21)10-16/h4-10H,11H2,1-3H3,(H,22,24). The molecule has 5 nitrogen and oxygen atoms in total. The maximum Gasteiger partial charge on any atom is 0.278 e. The van der Waals surface area contributed by atoms with Crippen molar-refractivity contribution in [3.8, 4) is 5.75 Å². The third kappa shape index (κ3) is 4.24. The molecule has 6 heteroatoms. The Balaban J connectivity index is 1.76. The fourth-order valence-electron chi connectivity index (χ4n) is 2.67. The van der Waals surface area contributed by atoms with Gasteiger partial charge in [-0.3, -0.25) is 4.79 Å². The van der Waals surface area contributed by atoms with E-state index < -0.39 is 0 Å². The van der Waals surface area contributed by atoms with Gasteiger partial charge in [0.2, 0.25) is 0 Å². The number of hydrogen-bond acceptors (Lipinski definition) is 4. The highest BCUT2D eigenvalue weighted by atomic mass is 35.5. The SMILES string of the molecule is Cc1cc(C)cc(OCc2c(C(=O)Nc3cccc(Cl)c3)noc2C)c1. The Hall–Kier alpha value is -2.79. The number of hydrogen-bond donors (Lipinski definition) is 1. The van der Waals surface area contributed by atoms with Crippen LogP contribution in [0.5, 0.6) is 5.75 Å². The number of anilines is 1. The minimum atomic E-state index is -0.372. The number of carbonyl (C=O) groups excluding carboxylic acids is 1. The molecule has 0 fully saturated rings. The van der Waals surface area contributed by atoms with Crippen LogP contribution in [0.1, 0.15) is 32.9 Å². The number of nitrogens with zero attached hydrogens (tertiary/aromatic N) is 1. The fraction of sp³-hybridized carbons (Fsp3) is 0.200. The number of carbonyl (C=O) groups is 1. The summed E-state index contributed by atoms with van der Waals surface area (Å²) in [5.74, 6) is 0.915. The minimum Gasteiger partial charge on any atom is -0.489 e. The van der Waals surface area contributed by atoms with E-state index in [4.69, 9.17) is 20.9 Å². The molecule has 134 valence electrons. The van der Waals surface area contributed by atoms with Crippen LogP contribution in [0.2, 0.25) is 5.02 Å². The molecule has 1 heterocycles. The normalized spacial score (nSPS) is 10.6. The van der Waals surface area contributed by atoms with Crippen molar-refractivity contribution >= 4 is 23.2 Å². The van der Waals surface area contributed by atoms with Crippen molar-refractivity contribution in [2.75, 3.05) is 5.32 Å². The zero-order valence-corrected chi connectivity index (χ0v) is 15.6. The molecule has 3 aromatic rings. The highest BCUT2D eigenvalue weighted by Crippen LogP contribution is 2.22. The maximum atomic E-state index is 12.5. The lowest BCUT2D eigenvalue weighted by Gasteiger charge is -2.09. The Morgan fingerprint density at radius 3 is 2.58 bits per heavy atom. The summed E-state index contributed by atoms with van der Waals surface area (Å²) in [4.78, 5) is 12.5. The molecule has 1 aromatic heterocycles. The third-order valence-corrected chi connectivity index (χ3v) is 4.10. The molecule has 3 rings (SSSR count). The lowest BCUT2D eigenvalue weighted by Crippen LogP contribution is -2.15. The van der Waals surface area contributed by atoms with Crippen molar-refractivity contribution in [2.24, 2.45) is 0 Å². The zero-order chi connectivity index (χ0) is 18.7. The van der Waals surface area contributed by atoms with Crippen LogP contribution in [0.25, 0.3) is 0 Å². The van der Waals surface area contributed by atoms with Crippen molar-refractivity contribution in [3.05, 3.63) is 75.6 Å². The van der Waals surface area contributed by atoms with E-state index in [0.29, 0.717) is 22.0 Å². The van der Waals surface area contributed by atoms with Crippen LogP contribution in [0, 0.1) is 20.8 Å². The van der Waals surface area contributed by atoms with Gasteiger partial charge < -0.3 is 14.6 Å². The lowest BCUT2D eigenvalue weighted by molar-refractivity contribution is 0.101. The topological polar surface area (TPSA) is 64.4 Å². The summed E-state index contributed by atoms with van der Waals surface area (Å²) >= 11 is 5.95.